The van der Waals surface area contributed by atoms with Crippen molar-refractivity contribution >= 4 is 21.9 Å². The van der Waals surface area contributed by atoms with Crippen molar-refractivity contribution in [3.8, 4) is 22.9 Å². The lowest BCUT2D eigenvalue weighted by atomic mass is 10.0. The van der Waals surface area contributed by atoms with Gasteiger partial charge in [-0.15, -0.1) is 0 Å². The highest BCUT2D eigenvalue weighted by Gasteiger charge is 2.08. The van der Waals surface area contributed by atoms with E-state index in [0.717, 1.165) is 42.7 Å². The van der Waals surface area contributed by atoms with Crippen LogP contribution in [0.25, 0.3) is 11.1 Å². The molecule has 1 atom stereocenters. The Labute approximate surface area is 201 Å². The van der Waals surface area contributed by atoms with Crippen LogP contribution in [0.4, 0.5) is 0 Å². The first-order valence-corrected chi connectivity index (χ1v) is 12.6. The number of esters is 1. The topological polar surface area (TPSA) is 59.3 Å². The van der Waals surface area contributed by atoms with Gasteiger partial charge in [0.05, 0.1) is 24.8 Å². The molecule has 0 saturated heterocycles. The normalized spacial score (nSPS) is 11.5. The minimum atomic E-state index is -0.214. The van der Waals surface area contributed by atoms with E-state index >= 15 is 0 Å². The minimum absolute atomic E-state index is 0.172. The fourth-order valence-electron chi connectivity index (χ4n) is 3.40. The quantitative estimate of drug-likeness (QED) is 0.145. The molecule has 172 valence electrons. The van der Waals surface area contributed by atoms with Gasteiger partial charge >= 0.3 is 5.97 Å². The highest BCUT2D eigenvalue weighted by Crippen LogP contribution is 2.23. The van der Waals surface area contributed by atoms with Crippen LogP contribution in [0.5, 0.6) is 5.75 Å². The van der Waals surface area contributed by atoms with Crippen LogP contribution in [0, 0.1) is 11.3 Å². The van der Waals surface area contributed by atoms with E-state index in [1.807, 2.05) is 36.4 Å². The predicted octanol–water partition coefficient (Wildman–Crippen LogP) is 7.44. The smallest absolute Gasteiger partial charge is 0.319 e. The monoisotopic (exact) mass is 499 g/mol. The SMILES string of the molecule is CC(Br)C(=O)OCCCCCCCCCCCOc1ccc(-c2ccc(C#N)cc2)cc1. The highest BCUT2D eigenvalue weighted by molar-refractivity contribution is 9.10. The second kappa shape index (κ2) is 15.5. The minimum Gasteiger partial charge on any atom is -0.494 e. The lowest BCUT2D eigenvalue weighted by Gasteiger charge is -2.08. The van der Waals surface area contributed by atoms with Crippen molar-refractivity contribution in [2.24, 2.45) is 0 Å². The molecule has 0 bridgehead atoms. The zero-order valence-corrected chi connectivity index (χ0v) is 20.6. The summed E-state index contributed by atoms with van der Waals surface area (Å²) in [4.78, 5) is 11.1. The first-order chi connectivity index (χ1) is 15.6. The Kier molecular flexibility index (Phi) is 12.5. The summed E-state index contributed by atoms with van der Waals surface area (Å²) in [6, 6.07) is 17.9. The third-order valence-electron chi connectivity index (χ3n) is 5.33. The number of alkyl halides is 1. The van der Waals surface area contributed by atoms with E-state index < -0.39 is 0 Å². The van der Waals surface area contributed by atoms with Gasteiger partial charge < -0.3 is 9.47 Å². The van der Waals surface area contributed by atoms with E-state index in [1.54, 1.807) is 6.92 Å². The van der Waals surface area contributed by atoms with Gasteiger partial charge in [-0.05, 0) is 55.2 Å². The summed E-state index contributed by atoms with van der Waals surface area (Å²) in [6.07, 6.45) is 10.6. The van der Waals surface area contributed by atoms with Gasteiger partial charge in [0, 0.05) is 0 Å². The third kappa shape index (κ3) is 10.3. The number of nitrogens with zero attached hydrogens (tertiary/aromatic N) is 1. The second-order valence-corrected chi connectivity index (χ2v) is 9.40. The lowest BCUT2D eigenvalue weighted by molar-refractivity contribution is -0.142. The van der Waals surface area contributed by atoms with Crippen LogP contribution in [-0.4, -0.2) is 24.0 Å². The first kappa shape index (κ1) is 25.9. The maximum atomic E-state index is 11.3. The van der Waals surface area contributed by atoms with E-state index in [4.69, 9.17) is 14.7 Å². The molecule has 32 heavy (non-hydrogen) atoms. The van der Waals surface area contributed by atoms with Crippen molar-refractivity contribution in [3.05, 3.63) is 54.1 Å². The van der Waals surface area contributed by atoms with Crippen LogP contribution >= 0.6 is 15.9 Å². The zero-order valence-electron chi connectivity index (χ0n) is 19.0. The number of hydrogen-bond acceptors (Lipinski definition) is 4. The molecule has 2 rings (SSSR count). The van der Waals surface area contributed by atoms with E-state index in [1.165, 1.54) is 38.5 Å². The maximum absolute atomic E-state index is 11.3. The number of benzene rings is 2. The molecule has 0 aliphatic rings. The van der Waals surface area contributed by atoms with Crippen molar-refractivity contribution < 1.29 is 14.3 Å². The highest BCUT2D eigenvalue weighted by atomic mass is 79.9. The molecule has 5 heteroatoms. The number of nitriles is 1. The van der Waals surface area contributed by atoms with Crippen LogP contribution in [0.2, 0.25) is 0 Å². The maximum Gasteiger partial charge on any atom is 0.319 e. The molecule has 0 fully saturated rings. The number of carbonyl (C=O) groups is 1. The number of unbranched alkanes of at least 4 members (excludes halogenated alkanes) is 8. The van der Waals surface area contributed by atoms with E-state index in [0.29, 0.717) is 12.2 Å². The summed E-state index contributed by atoms with van der Waals surface area (Å²) in [7, 11) is 0. The van der Waals surface area contributed by atoms with Crippen molar-refractivity contribution in [1.82, 2.24) is 0 Å². The van der Waals surface area contributed by atoms with Crippen molar-refractivity contribution in [3.63, 3.8) is 0 Å². The third-order valence-corrected chi connectivity index (χ3v) is 5.70. The zero-order chi connectivity index (χ0) is 23.0. The molecule has 2 aromatic rings. The van der Waals surface area contributed by atoms with Gasteiger partial charge in [-0.25, -0.2) is 0 Å². The number of carbonyl (C=O) groups excluding carboxylic acids is 1. The van der Waals surface area contributed by atoms with Crippen LogP contribution in [0.15, 0.2) is 48.5 Å². The van der Waals surface area contributed by atoms with Gasteiger partial charge in [0.25, 0.3) is 0 Å². The molecule has 0 N–H and O–H groups in total. The van der Waals surface area contributed by atoms with Gasteiger partial charge in [-0.3, -0.25) is 4.79 Å². The van der Waals surface area contributed by atoms with Crippen LogP contribution in [0.1, 0.15) is 70.3 Å². The molecule has 1 unspecified atom stereocenters. The molecule has 4 nitrogen and oxygen atoms in total. The predicted molar refractivity (Wildman–Crippen MR) is 133 cm³/mol. The summed E-state index contributed by atoms with van der Waals surface area (Å²) in [5.74, 6) is 0.729. The molecule has 0 amide bonds. The fourth-order valence-corrected chi connectivity index (χ4v) is 3.53. The van der Waals surface area contributed by atoms with Crippen molar-refractivity contribution in [2.75, 3.05) is 13.2 Å². The number of hydrogen-bond donors (Lipinski definition) is 0. The van der Waals surface area contributed by atoms with Gasteiger partial charge in [0.2, 0.25) is 0 Å². The standard InChI is InChI=1S/C27H34BrNO3/c1-22(28)27(30)32-20-10-8-6-4-2-3-5-7-9-19-31-26-17-15-25(16-18-26)24-13-11-23(21-29)12-14-24/h11-18,22H,2-10,19-20H2,1H3. The second-order valence-electron chi connectivity index (χ2n) is 8.03. The Morgan fingerprint density at radius 1 is 0.812 bits per heavy atom. The first-order valence-electron chi connectivity index (χ1n) is 11.6. The molecular weight excluding hydrogens is 466 g/mol. The molecule has 0 spiro atoms. The summed E-state index contributed by atoms with van der Waals surface area (Å²) >= 11 is 3.21. The van der Waals surface area contributed by atoms with Gasteiger partial charge in [0.1, 0.15) is 10.6 Å². The average molecular weight is 500 g/mol. The largest absolute Gasteiger partial charge is 0.494 e. The molecule has 0 aliphatic heterocycles. The van der Waals surface area contributed by atoms with Crippen LogP contribution < -0.4 is 4.74 Å². The van der Waals surface area contributed by atoms with Gasteiger partial charge in [-0.2, -0.15) is 5.26 Å². The van der Waals surface area contributed by atoms with Crippen molar-refractivity contribution in [2.45, 2.75) is 69.5 Å². The Bertz CT molecular complexity index is 825. The summed E-state index contributed by atoms with van der Waals surface area (Å²) in [5, 5.41) is 8.89. The molecule has 2 aromatic carbocycles. The Hall–Kier alpha value is -2.32. The summed E-state index contributed by atoms with van der Waals surface area (Å²) in [6.45, 7) is 3.07. The van der Waals surface area contributed by atoms with E-state index in [-0.39, 0.29) is 10.8 Å². The van der Waals surface area contributed by atoms with E-state index in [9.17, 15) is 4.79 Å². The number of ether oxygens (including phenoxy) is 2. The van der Waals surface area contributed by atoms with Gasteiger partial charge in [-0.1, -0.05) is 85.1 Å². The number of halogens is 1. The van der Waals surface area contributed by atoms with Crippen LogP contribution in [0.3, 0.4) is 0 Å². The number of rotatable bonds is 15. The lowest BCUT2D eigenvalue weighted by Crippen LogP contribution is -2.14. The molecular formula is C27H34BrNO3. The Morgan fingerprint density at radius 2 is 1.28 bits per heavy atom. The Balaban J connectivity index is 1.45. The fraction of sp³-hybridized carbons (Fsp3) is 0.481. The van der Waals surface area contributed by atoms with Gasteiger partial charge in [0.15, 0.2) is 0 Å². The van der Waals surface area contributed by atoms with Crippen LogP contribution in [-0.2, 0) is 9.53 Å². The van der Waals surface area contributed by atoms with E-state index in [2.05, 4.69) is 34.1 Å². The molecule has 0 saturated carbocycles. The summed E-state index contributed by atoms with van der Waals surface area (Å²) < 4.78 is 11.0. The summed E-state index contributed by atoms with van der Waals surface area (Å²) in [5.41, 5.74) is 2.90. The molecule has 0 aliphatic carbocycles. The van der Waals surface area contributed by atoms with Crippen molar-refractivity contribution in [1.29, 1.82) is 5.26 Å². The average Bonchev–Trinajstić information content (AvgIpc) is 2.82. The molecule has 0 heterocycles. The molecule has 0 radical (unpaired) electrons. The Morgan fingerprint density at radius 3 is 1.78 bits per heavy atom. The molecule has 0 aromatic heterocycles.